The summed E-state index contributed by atoms with van der Waals surface area (Å²) >= 11 is 0. The molecule has 0 atom stereocenters. The van der Waals surface area contributed by atoms with E-state index in [0.29, 0.717) is 36.1 Å². The van der Waals surface area contributed by atoms with Crippen molar-refractivity contribution in [2.24, 2.45) is 0 Å². The van der Waals surface area contributed by atoms with E-state index < -0.39 is 0 Å². The molecular weight excluding hydrogens is 432 g/mol. The molecule has 8 nitrogen and oxygen atoms in total. The fourth-order valence-electron chi connectivity index (χ4n) is 4.14. The van der Waals surface area contributed by atoms with Gasteiger partial charge in [0.05, 0.1) is 6.26 Å². The van der Waals surface area contributed by atoms with Gasteiger partial charge in [-0.1, -0.05) is 29.4 Å². The molecule has 1 aliphatic heterocycles. The van der Waals surface area contributed by atoms with Crippen molar-refractivity contribution < 1.29 is 18.5 Å². The van der Waals surface area contributed by atoms with Crippen LogP contribution in [-0.2, 0) is 0 Å². The van der Waals surface area contributed by atoms with Crippen molar-refractivity contribution >= 4 is 17.5 Å². The summed E-state index contributed by atoms with van der Waals surface area (Å²) in [6.07, 6.45) is 2.97. The summed E-state index contributed by atoms with van der Waals surface area (Å²) in [6, 6.07) is 18.1. The third kappa shape index (κ3) is 4.47. The van der Waals surface area contributed by atoms with E-state index in [0.717, 1.165) is 24.0 Å². The highest BCUT2D eigenvalue weighted by atomic mass is 16.5. The highest BCUT2D eigenvalue weighted by Crippen LogP contribution is 2.30. The Hall–Kier alpha value is -4.20. The molecule has 2 amide bonds. The first-order chi connectivity index (χ1) is 16.6. The van der Waals surface area contributed by atoms with Crippen molar-refractivity contribution in [1.82, 2.24) is 15.0 Å². The molecule has 1 aliphatic rings. The fourth-order valence-corrected chi connectivity index (χ4v) is 4.14. The Labute approximate surface area is 196 Å². The summed E-state index contributed by atoms with van der Waals surface area (Å²) in [6.45, 7) is 3.25. The molecule has 1 N–H and O–H groups in total. The quantitative estimate of drug-likeness (QED) is 0.458. The van der Waals surface area contributed by atoms with Gasteiger partial charge < -0.3 is 19.2 Å². The Morgan fingerprint density at radius 2 is 1.76 bits per heavy atom. The van der Waals surface area contributed by atoms with Crippen LogP contribution in [0.25, 0.3) is 11.4 Å². The fraction of sp³-hybridized carbons (Fsp3) is 0.231. The Kier molecular flexibility index (Phi) is 5.95. The van der Waals surface area contributed by atoms with Crippen LogP contribution in [0.3, 0.4) is 0 Å². The van der Waals surface area contributed by atoms with Gasteiger partial charge >= 0.3 is 0 Å². The first kappa shape index (κ1) is 21.6. The van der Waals surface area contributed by atoms with Crippen molar-refractivity contribution in [2.75, 3.05) is 18.4 Å². The number of anilines is 1. The highest BCUT2D eigenvalue weighted by molar-refractivity contribution is 6.02. The Bertz CT molecular complexity index is 1290. The minimum atomic E-state index is -0.335. The number of amides is 2. The topological polar surface area (TPSA) is 101 Å². The molecule has 1 saturated heterocycles. The predicted molar refractivity (Wildman–Crippen MR) is 125 cm³/mol. The van der Waals surface area contributed by atoms with Gasteiger partial charge in [-0.05, 0) is 61.7 Å². The first-order valence-electron chi connectivity index (χ1n) is 11.2. The van der Waals surface area contributed by atoms with Crippen LogP contribution in [0.5, 0.6) is 0 Å². The van der Waals surface area contributed by atoms with Crippen LogP contribution in [0.4, 0.5) is 5.69 Å². The smallest absolute Gasteiger partial charge is 0.291 e. The molecule has 172 valence electrons. The number of nitrogens with zero attached hydrogens (tertiary/aromatic N) is 3. The van der Waals surface area contributed by atoms with E-state index in [1.807, 2.05) is 36.1 Å². The summed E-state index contributed by atoms with van der Waals surface area (Å²) in [5.74, 6) is 1.22. The molecule has 0 bridgehead atoms. The number of rotatable bonds is 5. The molecule has 2 aromatic heterocycles. The molecule has 0 aliphatic carbocycles. The number of hydrogen-bond donors (Lipinski definition) is 1. The molecule has 0 unspecified atom stereocenters. The van der Waals surface area contributed by atoms with Crippen LogP contribution in [-0.4, -0.2) is 39.9 Å². The summed E-state index contributed by atoms with van der Waals surface area (Å²) in [4.78, 5) is 31.5. The maximum Gasteiger partial charge on any atom is 0.291 e. The number of nitrogens with one attached hydrogen (secondary N) is 1. The monoisotopic (exact) mass is 456 g/mol. The Morgan fingerprint density at radius 1 is 1.00 bits per heavy atom. The van der Waals surface area contributed by atoms with Crippen LogP contribution >= 0.6 is 0 Å². The number of benzene rings is 2. The van der Waals surface area contributed by atoms with E-state index in [4.69, 9.17) is 8.94 Å². The van der Waals surface area contributed by atoms with Crippen molar-refractivity contribution in [3.05, 3.63) is 89.7 Å². The molecule has 0 radical (unpaired) electrons. The van der Waals surface area contributed by atoms with E-state index in [-0.39, 0.29) is 23.5 Å². The highest BCUT2D eigenvalue weighted by Gasteiger charge is 2.28. The maximum atomic E-state index is 13.0. The summed E-state index contributed by atoms with van der Waals surface area (Å²) in [5.41, 5.74) is 3.24. The van der Waals surface area contributed by atoms with Gasteiger partial charge in [-0.2, -0.15) is 4.98 Å². The zero-order valence-corrected chi connectivity index (χ0v) is 18.7. The van der Waals surface area contributed by atoms with Gasteiger partial charge in [0.2, 0.25) is 11.7 Å². The number of carbonyl (C=O) groups excluding carboxylic acids is 2. The summed E-state index contributed by atoms with van der Waals surface area (Å²) in [5, 5.41) is 6.92. The van der Waals surface area contributed by atoms with Gasteiger partial charge in [-0.15, -0.1) is 0 Å². The molecule has 34 heavy (non-hydrogen) atoms. The minimum absolute atomic E-state index is 0.0338. The second kappa shape index (κ2) is 9.35. The zero-order chi connectivity index (χ0) is 23.5. The van der Waals surface area contributed by atoms with Crippen LogP contribution in [0.1, 0.15) is 51.1 Å². The largest absolute Gasteiger partial charge is 0.459 e. The lowest BCUT2D eigenvalue weighted by Crippen LogP contribution is -2.38. The molecule has 1 fully saturated rings. The van der Waals surface area contributed by atoms with Crippen molar-refractivity contribution in [3.8, 4) is 11.4 Å². The van der Waals surface area contributed by atoms with Crippen LogP contribution in [0.2, 0.25) is 0 Å². The van der Waals surface area contributed by atoms with Gasteiger partial charge in [0.25, 0.3) is 11.8 Å². The summed E-state index contributed by atoms with van der Waals surface area (Å²) < 4.78 is 10.7. The number of carbonyl (C=O) groups is 2. The number of piperidine rings is 1. The number of aromatic nitrogens is 2. The lowest BCUT2D eigenvalue weighted by Gasteiger charge is -2.30. The van der Waals surface area contributed by atoms with Gasteiger partial charge in [0, 0.05) is 35.8 Å². The van der Waals surface area contributed by atoms with Gasteiger partial charge in [0.15, 0.2) is 5.76 Å². The van der Waals surface area contributed by atoms with E-state index in [9.17, 15) is 9.59 Å². The molecular formula is C26H24N4O4. The SMILES string of the molecule is Cc1ccccc1-c1noc(C2CCN(C(=O)c3ccc(NC(=O)c4ccco4)cc3)CC2)n1. The molecule has 0 saturated carbocycles. The average molecular weight is 457 g/mol. The second-order valence-electron chi connectivity index (χ2n) is 8.35. The zero-order valence-electron chi connectivity index (χ0n) is 18.7. The minimum Gasteiger partial charge on any atom is -0.459 e. The third-order valence-electron chi connectivity index (χ3n) is 6.09. The first-order valence-corrected chi connectivity index (χ1v) is 11.2. The van der Waals surface area contributed by atoms with E-state index in [1.54, 1.807) is 36.4 Å². The Morgan fingerprint density at radius 3 is 2.47 bits per heavy atom. The number of likely N-dealkylation sites (tertiary alicyclic amines) is 1. The van der Waals surface area contributed by atoms with E-state index in [1.165, 1.54) is 6.26 Å². The summed E-state index contributed by atoms with van der Waals surface area (Å²) in [7, 11) is 0. The molecule has 4 aromatic rings. The van der Waals surface area contributed by atoms with Crippen LogP contribution in [0, 0.1) is 6.92 Å². The predicted octanol–water partition coefficient (Wildman–Crippen LogP) is 4.91. The van der Waals surface area contributed by atoms with Crippen LogP contribution < -0.4 is 5.32 Å². The van der Waals surface area contributed by atoms with Crippen molar-refractivity contribution in [1.29, 1.82) is 0 Å². The maximum absolute atomic E-state index is 13.0. The lowest BCUT2D eigenvalue weighted by atomic mass is 9.96. The second-order valence-corrected chi connectivity index (χ2v) is 8.35. The Balaban J connectivity index is 1.18. The van der Waals surface area contributed by atoms with Crippen molar-refractivity contribution in [3.63, 3.8) is 0 Å². The molecule has 5 rings (SSSR count). The number of hydrogen-bond acceptors (Lipinski definition) is 6. The number of furan rings is 1. The van der Waals surface area contributed by atoms with Gasteiger partial charge in [-0.3, -0.25) is 9.59 Å². The van der Waals surface area contributed by atoms with Gasteiger partial charge in [0.1, 0.15) is 0 Å². The molecule has 0 spiro atoms. The van der Waals surface area contributed by atoms with Gasteiger partial charge in [-0.25, -0.2) is 0 Å². The number of aryl methyl sites for hydroxylation is 1. The standard InChI is InChI=1S/C26H24N4O4/c1-17-5-2-3-6-21(17)23-28-25(34-29-23)18-12-14-30(15-13-18)26(32)19-8-10-20(11-9-19)27-24(31)22-7-4-16-33-22/h2-11,16,18H,12-15H2,1H3,(H,27,31). The third-order valence-corrected chi connectivity index (χ3v) is 6.09. The van der Waals surface area contributed by atoms with E-state index >= 15 is 0 Å². The normalized spacial score (nSPS) is 14.2. The van der Waals surface area contributed by atoms with Crippen molar-refractivity contribution in [2.45, 2.75) is 25.7 Å². The average Bonchev–Trinajstić information content (AvgIpc) is 3.58. The lowest BCUT2D eigenvalue weighted by molar-refractivity contribution is 0.0704. The molecule has 3 heterocycles. The van der Waals surface area contributed by atoms with Crippen LogP contribution in [0.15, 0.2) is 75.9 Å². The molecule has 8 heteroatoms. The molecule has 2 aromatic carbocycles. The van der Waals surface area contributed by atoms with E-state index in [2.05, 4.69) is 15.5 Å².